The van der Waals surface area contributed by atoms with Crippen LogP contribution < -0.4 is 15.8 Å². The zero-order chi connectivity index (χ0) is 20.5. The van der Waals surface area contributed by atoms with Crippen LogP contribution in [0.3, 0.4) is 0 Å². The number of hydrogen-bond donors (Lipinski definition) is 2. The molecule has 1 atom stereocenters. The van der Waals surface area contributed by atoms with E-state index in [-0.39, 0.29) is 11.3 Å². The molecule has 1 aliphatic carbocycles. The number of thiophene rings is 1. The highest BCUT2D eigenvalue weighted by Gasteiger charge is 2.33. The first-order chi connectivity index (χ1) is 13.2. The smallest absolute Gasteiger partial charge is 0.256 e. The van der Waals surface area contributed by atoms with Crippen molar-refractivity contribution in [2.75, 3.05) is 11.9 Å². The minimum atomic E-state index is -0.478. The van der Waals surface area contributed by atoms with Gasteiger partial charge in [-0.25, -0.2) is 0 Å². The summed E-state index contributed by atoms with van der Waals surface area (Å²) < 4.78 is 5.41. The normalized spacial score (nSPS) is 16.4. The van der Waals surface area contributed by atoms with Gasteiger partial charge in [0, 0.05) is 10.4 Å². The molecule has 150 valence electrons. The Bertz CT molecular complexity index is 878. The third-order valence-corrected chi connectivity index (χ3v) is 6.56. The molecule has 28 heavy (non-hydrogen) atoms. The summed E-state index contributed by atoms with van der Waals surface area (Å²) in [6.45, 7) is 9.23. The molecule has 3 rings (SSSR count). The average Bonchev–Trinajstić information content (AvgIpc) is 2.99. The van der Waals surface area contributed by atoms with Crippen molar-refractivity contribution in [3.05, 3.63) is 45.8 Å². The number of fused-ring (bicyclic) bond motifs is 1. The van der Waals surface area contributed by atoms with Crippen LogP contribution in [0, 0.1) is 11.3 Å². The summed E-state index contributed by atoms with van der Waals surface area (Å²) in [6.07, 6.45) is 2.77. The van der Waals surface area contributed by atoms with Crippen LogP contribution in [0.2, 0.25) is 0 Å². The molecule has 1 aromatic heterocycles. The Kier molecular flexibility index (Phi) is 5.79. The highest BCUT2D eigenvalue weighted by Crippen LogP contribution is 2.44. The Balaban J connectivity index is 1.85. The van der Waals surface area contributed by atoms with Gasteiger partial charge in [-0.1, -0.05) is 20.8 Å². The minimum Gasteiger partial charge on any atom is -0.494 e. The van der Waals surface area contributed by atoms with Gasteiger partial charge < -0.3 is 15.8 Å². The number of amides is 2. The molecular weight excluding hydrogens is 372 g/mol. The van der Waals surface area contributed by atoms with Gasteiger partial charge in [0.25, 0.3) is 11.8 Å². The first kappa shape index (κ1) is 20.4. The minimum absolute atomic E-state index is 0.209. The first-order valence-electron chi connectivity index (χ1n) is 9.69. The van der Waals surface area contributed by atoms with Crippen molar-refractivity contribution < 1.29 is 14.3 Å². The van der Waals surface area contributed by atoms with Gasteiger partial charge in [-0.15, -0.1) is 11.3 Å². The van der Waals surface area contributed by atoms with Crippen LogP contribution in [-0.4, -0.2) is 18.4 Å². The largest absolute Gasteiger partial charge is 0.494 e. The Morgan fingerprint density at radius 1 is 1.25 bits per heavy atom. The molecule has 1 heterocycles. The van der Waals surface area contributed by atoms with Gasteiger partial charge in [-0.2, -0.15) is 0 Å². The van der Waals surface area contributed by atoms with Crippen molar-refractivity contribution in [3.8, 4) is 5.75 Å². The molecule has 0 spiro atoms. The third kappa shape index (κ3) is 4.22. The molecule has 1 aromatic carbocycles. The van der Waals surface area contributed by atoms with E-state index >= 15 is 0 Å². The van der Waals surface area contributed by atoms with Crippen LogP contribution in [-0.2, 0) is 12.8 Å². The summed E-state index contributed by atoms with van der Waals surface area (Å²) in [5.74, 6) is 0.538. The van der Waals surface area contributed by atoms with Crippen LogP contribution in [0.15, 0.2) is 24.3 Å². The van der Waals surface area contributed by atoms with Crippen molar-refractivity contribution in [2.45, 2.75) is 47.0 Å². The van der Waals surface area contributed by atoms with Crippen LogP contribution >= 0.6 is 11.3 Å². The maximum absolute atomic E-state index is 12.7. The van der Waals surface area contributed by atoms with Gasteiger partial charge in [-0.3, -0.25) is 9.59 Å². The topological polar surface area (TPSA) is 81.4 Å². The van der Waals surface area contributed by atoms with Crippen LogP contribution in [0.4, 0.5) is 5.00 Å². The Morgan fingerprint density at radius 3 is 2.50 bits per heavy atom. The average molecular weight is 401 g/mol. The number of carbonyl (C=O) groups excluding carboxylic acids is 2. The molecule has 3 N–H and O–H groups in total. The summed E-state index contributed by atoms with van der Waals surface area (Å²) in [5.41, 5.74) is 7.88. The highest BCUT2D eigenvalue weighted by molar-refractivity contribution is 7.17. The second-order valence-corrected chi connectivity index (χ2v) is 9.39. The Hall–Kier alpha value is -2.34. The lowest BCUT2D eigenvalue weighted by Crippen LogP contribution is -2.27. The monoisotopic (exact) mass is 400 g/mol. The highest BCUT2D eigenvalue weighted by atomic mass is 32.1. The number of hydrogen-bond acceptors (Lipinski definition) is 4. The molecule has 0 saturated carbocycles. The van der Waals surface area contributed by atoms with Crippen molar-refractivity contribution in [3.63, 3.8) is 0 Å². The fraction of sp³-hybridized carbons (Fsp3) is 0.455. The molecule has 0 radical (unpaired) electrons. The SMILES string of the molecule is CCOc1ccc(C(=O)Nc2sc3c(c2C(N)=O)CC[C@@H](C(C)(C)C)C3)cc1. The van der Waals surface area contributed by atoms with Gasteiger partial charge in [0.15, 0.2) is 0 Å². The standard InChI is InChI=1S/C22H28N2O3S/c1-5-27-15-9-6-13(7-10-15)20(26)24-21-18(19(23)25)16-11-8-14(22(2,3)4)12-17(16)28-21/h6-7,9-10,14H,5,8,11-12H2,1-4H3,(H2,23,25)(H,24,26)/t14-/m1/s1. The van der Waals surface area contributed by atoms with Crippen LogP contribution in [0.5, 0.6) is 5.75 Å². The number of nitrogens with two attached hydrogens (primary N) is 1. The quantitative estimate of drug-likeness (QED) is 0.766. The number of anilines is 1. The van der Waals surface area contributed by atoms with Gasteiger partial charge in [-0.05, 0) is 67.3 Å². The fourth-order valence-electron chi connectivity index (χ4n) is 3.72. The molecule has 2 amide bonds. The molecule has 0 bridgehead atoms. The second-order valence-electron chi connectivity index (χ2n) is 8.29. The summed E-state index contributed by atoms with van der Waals surface area (Å²) in [6, 6.07) is 6.96. The molecule has 0 saturated heterocycles. The van der Waals surface area contributed by atoms with Crippen molar-refractivity contribution >= 4 is 28.2 Å². The molecule has 0 fully saturated rings. The molecule has 5 nitrogen and oxygen atoms in total. The van der Waals surface area contributed by atoms with Crippen molar-refractivity contribution in [2.24, 2.45) is 17.1 Å². The fourth-order valence-corrected chi connectivity index (χ4v) is 5.05. The molecule has 6 heteroatoms. The number of benzene rings is 1. The number of carbonyl (C=O) groups is 2. The van der Waals surface area contributed by atoms with Crippen LogP contribution in [0.1, 0.15) is 65.3 Å². The van der Waals surface area contributed by atoms with E-state index in [4.69, 9.17) is 10.5 Å². The third-order valence-electron chi connectivity index (χ3n) is 5.39. The van der Waals surface area contributed by atoms with Gasteiger partial charge in [0.2, 0.25) is 0 Å². The zero-order valence-corrected chi connectivity index (χ0v) is 17.7. The summed E-state index contributed by atoms with van der Waals surface area (Å²) in [7, 11) is 0. The van der Waals surface area contributed by atoms with Crippen molar-refractivity contribution in [1.82, 2.24) is 0 Å². The zero-order valence-electron chi connectivity index (χ0n) is 16.9. The second kappa shape index (κ2) is 7.95. The lowest BCUT2D eigenvalue weighted by Gasteiger charge is -2.33. The number of rotatable bonds is 5. The van der Waals surface area contributed by atoms with Crippen LogP contribution in [0.25, 0.3) is 0 Å². The molecule has 2 aromatic rings. The van der Waals surface area contributed by atoms with E-state index in [1.807, 2.05) is 6.92 Å². The Labute approximate surface area is 170 Å². The van der Waals surface area contributed by atoms with Gasteiger partial charge >= 0.3 is 0 Å². The van der Waals surface area contributed by atoms with E-state index in [0.717, 1.165) is 30.6 Å². The molecule has 0 aliphatic heterocycles. The van der Waals surface area contributed by atoms with E-state index < -0.39 is 5.91 Å². The first-order valence-corrected chi connectivity index (χ1v) is 10.5. The van der Waals surface area contributed by atoms with E-state index in [1.54, 1.807) is 24.3 Å². The van der Waals surface area contributed by atoms with E-state index in [1.165, 1.54) is 16.2 Å². The molecule has 1 aliphatic rings. The predicted octanol–water partition coefficient (Wildman–Crippen LogP) is 4.65. The number of nitrogens with one attached hydrogen (secondary N) is 1. The predicted molar refractivity (Wildman–Crippen MR) is 113 cm³/mol. The van der Waals surface area contributed by atoms with Gasteiger partial charge in [0.05, 0.1) is 12.2 Å². The van der Waals surface area contributed by atoms with E-state index in [2.05, 4.69) is 26.1 Å². The number of primary amides is 1. The van der Waals surface area contributed by atoms with Crippen molar-refractivity contribution in [1.29, 1.82) is 0 Å². The summed E-state index contributed by atoms with van der Waals surface area (Å²) in [5, 5.41) is 3.47. The van der Waals surface area contributed by atoms with E-state index in [9.17, 15) is 9.59 Å². The van der Waals surface area contributed by atoms with E-state index in [0.29, 0.717) is 28.7 Å². The molecule has 0 unspecified atom stereocenters. The lowest BCUT2D eigenvalue weighted by molar-refractivity contribution is 0.1000. The Morgan fingerprint density at radius 2 is 1.93 bits per heavy atom. The maximum Gasteiger partial charge on any atom is 0.256 e. The summed E-state index contributed by atoms with van der Waals surface area (Å²) in [4.78, 5) is 26.0. The molecular formula is C22H28N2O3S. The number of ether oxygens (including phenoxy) is 1. The maximum atomic E-state index is 12.7. The lowest BCUT2D eigenvalue weighted by atomic mass is 9.72. The van der Waals surface area contributed by atoms with Gasteiger partial charge in [0.1, 0.15) is 10.8 Å². The summed E-state index contributed by atoms with van der Waals surface area (Å²) >= 11 is 1.49.